The zero-order valence-electron chi connectivity index (χ0n) is 14.0. The van der Waals surface area contributed by atoms with Gasteiger partial charge in [-0.1, -0.05) is 19.3 Å². The molecule has 128 valence electrons. The van der Waals surface area contributed by atoms with Crippen LogP contribution in [-0.2, 0) is 4.79 Å². The lowest BCUT2D eigenvalue weighted by molar-refractivity contribution is -0.127. The summed E-state index contributed by atoms with van der Waals surface area (Å²) < 4.78 is 0. The molecule has 1 amide bonds. The third-order valence-electron chi connectivity index (χ3n) is 5.95. The molecule has 5 nitrogen and oxygen atoms in total. The van der Waals surface area contributed by atoms with Crippen molar-refractivity contribution in [3.63, 3.8) is 0 Å². The second kappa shape index (κ2) is 6.72. The Morgan fingerprint density at radius 1 is 1.17 bits per heavy atom. The lowest BCUT2D eigenvalue weighted by Gasteiger charge is -2.41. The van der Waals surface area contributed by atoms with Crippen LogP contribution in [0.2, 0.25) is 0 Å². The number of hydrogen-bond acceptors (Lipinski definition) is 5. The Morgan fingerprint density at radius 2 is 1.96 bits per heavy atom. The normalized spacial score (nSPS) is 28.5. The van der Waals surface area contributed by atoms with Gasteiger partial charge in [0.1, 0.15) is 0 Å². The minimum atomic E-state index is -0.0332. The maximum Gasteiger partial charge on any atom is 0.233 e. The molecule has 3 fully saturated rings. The zero-order chi connectivity index (χ0) is 16.5. The molecule has 0 bridgehead atoms. The van der Waals surface area contributed by atoms with Crippen molar-refractivity contribution >= 4 is 22.4 Å². The van der Waals surface area contributed by atoms with Crippen molar-refractivity contribution in [2.75, 3.05) is 24.5 Å². The summed E-state index contributed by atoms with van der Waals surface area (Å²) >= 11 is 1.71. The average Bonchev–Trinajstić information content (AvgIpc) is 3.12. The summed E-state index contributed by atoms with van der Waals surface area (Å²) in [6.07, 6.45) is 12.7. The molecule has 2 atom stereocenters. The van der Waals surface area contributed by atoms with Gasteiger partial charge in [0.05, 0.1) is 5.92 Å². The number of thiazole rings is 1. The Morgan fingerprint density at radius 3 is 2.75 bits per heavy atom. The van der Waals surface area contributed by atoms with E-state index in [1.165, 1.54) is 37.0 Å². The number of hydrogen-bond donors (Lipinski definition) is 0. The Hall–Kier alpha value is -1.61. The second-order valence-electron chi connectivity index (χ2n) is 7.36. The van der Waals surface area contributed by atoms with Crippen LogP contribution in [0, 0.1) is 23.3 Å². The van der Waals surface area contributed by atoms with E-state index in [1.54, 1.807) is 16.2 Å². The number of nitriles is 1. The maximum absolute atomic E-state index is 13.0. The van der Waals surface area contributed by atoms with Gasteiger partial charge >= 0.3 is 0 Å². The third-order valence-corrected chi connectivity index (χ3v) is 7.14. The predicted octanol–water partition coefficient (Wildman–Crippen LogP) is 3.35. The van der Waals surface area contributed by atoms with Gasteiger partial charge in [-0.25, -0.2) is 4.98 Å². The molecule has 1 saturated carbocycles. The van der Waals surface area contributed by atoms with Crippen LogP contribution < -0.4 is 4.90 Å². The fraction of sp³-hybridized carbons (Fsp3) is 0.722. The monoisotopic (exact) mass is 344 g/mol. The van der Waals surface area contributed by atoms with Gasteiger partial charge in [-0.2, -0.15) is 5.26 Å². The highest BCUT2D eigenvalue weighted by atomic mass is 32.1. The van der Waals surface area contributed by atoms with Gasteiger partial charge in [0.15, 0.2) is 11.3 Å². The van der Waals surface area contributed by atoms with Gasteiger partial charge in [-0.05, 0) is 37.5 Å². The number of rotatable bonds is 2. The van der Waals surface area contributed by atoms with Crippen LogP contribution in [0.5, 0.6) is 0 Å². The summed E-state index contributed by atoms with van der Waals surface area (Å²) in [7, 11) is 0. The van der Waals surface area contributed by atoms with Crippen molar-refractivity contribution in [1.82, 2.24) is 9.88 Å². The van der Waals surface area contributed by atoms with E-state index in [1.807, 2.05) is 11.1 Å². The summed E-state index contributed by atoms with van der Waals surface area (Å²) in [5, 5.41) is 10.0. The first kappa shape index (κ1) is 15.9. The lowest BCUT2D eigenvalue weighted by Crippen LogP contribution is -2.52. The van der Waals surface area contributed by atoms with E-state index in [2.05, 4.69) is 11.2 Å². The van der Waals surface area contributed by atoms with Crippen molar-refractivity contribution < 1.29 is 4.79 Å². The Kier molecular flexibility index (Phi) is 4.45. The fourth-order valence-corrected chi connectivity index (χ4v) is 5.60. The van der Waals surface area contributed by atoms with Crippen molar-refractivity contribution in [3.8, 4) is 6.19 Å². The predicted molar refractivity (Wildman–Crippen MR) is 93.7 cm³/mol. The molecular formula is C18H24N4OS. The summed E-state index contributed by atoms with van der Waals surface area (Å²) in [6.45, 7) is 2.16. The molecule has 3 heterocycles. The Bertz CT molecular complexity index is 646. The van der Waals surface area contributed by atoms with Crippen molar-refractivity contribution in [1.29, 1.82) is 5.26 Å². The number of likely N-dealkylation sites (tertiary alicyclic amines) is 1. The molecule has 24 heavy (non-hydrogen) atoms. The smallest absolute Gasteiger partial charge is 0.233 e. The van der Waals surface area contributed by atoms with Gasteiger partial charge < -0.3 is 4.90 Å². The van der Waals surface area contributed by atoms with Crippen LogP contribution in [0.4, 0.5) is 5.13 Å². The summed E-state index contributed by atoms with van der Waals surface area (Å²) in [4.78, 5) is 22.5. The quantitative estimate of drug-likeness (QED) is 0.772. The number of anilines is 1. The highest BCUT2D eigenvalue weighted by Gasteiger charge is 2.41. The van der Waals surface area contributed by atoms with Crippen LogP contribution >= 0.6 is 11.3 Å². The number of nitrogens with zero attached hydrogens (tertiary/aromatic N) is 4. The first-order chi connectivity index (χ1) is 11.8. The van der Waals surface area contributed by atoms with Crippen molar-refractivity contribution in [2.45, 2.75) is 50.9 Å². The second-order valence-corrected chi connectivity index (χ2v) is 8.40. The van der Waals surface area contributed by atoms with E-state index < -0.39 is 0 Å². The molecule has 1 aliphatic carbocycles. The minimum absolute atomic E-state index is 0.0332. The van der Waals surface area contributed by atoms with E-state index in [4.69, 9.17) is 5.26 Å². The SMILES string of the molecule is N#CN1CC[C@@H]2CCN(c3ncc(C4CCCCC4)s3)C(=O)[C@H]2C1. The van der Waals surface area contributed by atoms with Crippen LogP contribution in [0.15, 0.2) is 6.20 Å². The van der Waals surface area contributed by atoms with Gasteiger partial charge in [0.2, 0.25) is 5.91 Å². The van der Waals surface area contributed by atoms with Crippen LogP contribution in [0.25, 0.3) is 0 Å². The molecule has 0 unspecified atom stereocenters. The largest absolute Gasteiger partial charge is 0.310 e. The first-order valence-corrected chi connectivity index (χ1v) is 9.99. The topological polar surface area (TPSA) is 60.2 Å². The van der Waals surface area contributed by atoms with Gasteiger partial charge in [-0.3, -0.25) is 9.69 Å². The molecule has 2 saturated heterocycles. The highest BCUT2D eigenvalue weighted by molar-refractivity contribution is 7.15. The van der Waals surface area contributed by atoms with Crippen molar-refractivity contribution in [3.05, 3.63) is 11.1 Å². The fourth-order valence-electron chi connectivity index (χ4n) is 4.49. The number of carbonyl (C=O) groups excluding carboxylic acids is 1. The van der Waals surface area contributed by atoms with Gasteiger partial charge in [0.25, 0.3) is 0 Å². The van der Waals surface area contributed by atoms with E-state index in [0.29, 0.717) is 18.4 Å². The number of carbonyl (C=O) groups is 1. The molecule has 0 spiro atoms. The number of aromatic nitrogens is 1. The molecular weight excluding hydrogens is 320 g/mol. The van der Waals surface area contributed by atoms with E-state index in [9.17, 15) is 4.79 Å². The third kappa shape index (κ3) is 2.90. The maximum atomic E-state index is 13.0. The molecule has 4 rings (SSSR count). The highest BCUT2D eigenvalue weighted by Crippen LogP contribution is 2.40. The molecule has 3 aliphatic rings. The molecule has 0 radical (unpaired) electrons. The van der Waals surface area contributed by atoms with Gasteiger partial charge in [-0.15, -0.1) is 11.3 Å². The summed E-state index contributed by atoms with van der Waals surface area (Å²) in [5.74, 6) is 1.22. The molecule has 2 aliphatic heterocycles. The van der Waals surface area contributed by atoms with E-state index in [0.717, 1.165) is 31.1 Å². The average molecular weight is 344 g/mol. The summed E-state index contributed by atoms with van der Waals surface area (Å²) in [5.41, 5.74) is 0. The van der Waals surface area contributed by atoms with Crippen LogP contribution in [0.1, 0.15) is 55.7 Å². The molecule has 0 N–H and O–H groups in total. The first-order valence-electron chi connectivity index (χ1n) is 9.18. The van der Waals surface area contributed by atoms with Crippen molar-refractivity contribution in [2.24, 2.45) is 11.8 Å². The standard InChI is InChI=1S/C18H24N4OS/c19-12-21-8-6-13-7-9-22(17(23)15(13)11-21)18-20-10-16(24-18)14-4-2-1-3-5-14/h10,13-15H,1-9,11H2/t13-,15+/m1/s1. The molecule has 1 aromatic rings. The Labute approximate surface area is 147 Å². The lowest BCUT2D eigenvalue weighted by atomic mass is 9.80. The Balaban J connectivity index is 1.49. The minimum Gasteiger partial charge on any atom is -0.310 e. The number of amides is 1. The summed E-state index contributed by atoms with van der Waals surface area (Å²) in [6, 6.07) is 0. The molecule has 1 aromatic heterocycles. The zero-order valence-corrected chi connectivity index (χ0v) is 14.8. The van der Waals surface area contributed by atoms with E-state index in [-0.39, 0.29) is 11.8 Å². The number of fused-ring (bicyclic) bond motifs is 1. The van der Waals surface area contributed by atoms with Gasteiger partial charge in [0, 0.05) is 30.7 Å². The molecule has 0 aromatic carbocycles. The number of piperidine rings is 2. The van der Waals surface area contributed by atoms with E-state index >= 15 is 0 Å². The molecule has 6 heteroatoms. The van der Waals surface area contributed by atoms with Crippen LogP contribution in [0.3, 0.4) is 0 Å². The van der Waals surface area contributed by atoms with Crippen LogP contribution in [-0.4, -0.2) is 35.4 Å².